The number of halogens is 1. The molecule has 7 heteroatoms. The summed E-state index contributed by atoms with van der Waals surface area (Å²) in [5, 5.41) is 14.5. The molecular weight excluding hydrogens is 319 g/mol. The lowest BCUT2D eigenvalue weighted by Crippen LogP contribution is -2.31. The van der Waals surface area contributed by atoms with Crippen LogP contribution in [0.25, 0.3) is 0 Å². The van der Waals surface area contributed by atoms with E-state index in [4.69, 9.17) is 5.11 Å². The van der Waals surface area contributed by atoms with Crippen LogP contribution >= 0.6 is 11.3 Å². The first-order valence-electron chi connectivity index (χ1n) is 7.17. The van der Waals surface area contributed by atoms with Crippen molar-refractivity contribution in [2.24, 2.45) is 0 Å². The lowest BCUT2D eigenvalue weighted by atomic mass is 10.0. The fourth-order valence-electron chi connectivity index (χ4n) is 2.12. The van der Waals surface area contributed by atoms with Crippen molar-refractivity contribution in [1.82, 2.24) is 10.3 Å². The van der Waals surface area contributed by atoms with Gasteiger partial charge in [0.05, 0.1) is 29.6 Å². The highest BCUT2D eigenvalue weighted by Gasteiger charge is 2.19. The van der Waals surface area contributed by atoms with Gasteiger partial charge in [0, 0.05) is 5.38 Å². The third-order valence-electron chi connectivity index (χ3n) is 3.23. The van der Waals surface area contributed by atoms with Crippen molar-refractivity contribution in [3.05, 3.63) is 51.7 Å². The summed E-state index contributed by atoms with van der Waals surface area (Å²) >= 11 is 1.49. The van der Waals surface area contributed by atoms with E-state index in [2.05, 4.69) is 10.3 Å². The average Bonchev–Trinajstić information content (AvgIpc) is 2.94. The normalized spacial score (nSPS) is 11.9. The first kappa shape index (κ1) is 17.1. The van der Waals surface area contributed by atoms with Crippen LogP contribution in [0.1, 0.15) is 35.7 Å². The number of rotatable bonds is 7. The fraction of sp³-hybridized carbons (Fsp3) is 0.312. The van der Waals surface area contributed by atoms with Crippen LogP contribution in [0.2, 0.25) is 0 Å². The molecule has 2 aromatic rings. The number of carboxylic acids is 1. The van der Waals surface area contributed by atoms with Crippen LogP contribution in [0.3, 0.4) is 0 Å². The van der Waals surface area contributed by atoms with Gasteiger partial charge in [-0.3, -0.25) is 9.59 Å². The Bertz CT molecular complexity index is 685. The highest BCUT2D eigenvalue weighted by Crippen LogP contribution is 2.18. The zero-order valence-electron chi connectivity index (χ0n) is 12.6. The summed E-state index contributed by atoms with van der Waals surface area (Å²) in [4.78, 5) is 27.4. The maximum atomic E-state index is 13.0. The van der Waals surface area contributed by atoms with Crippen LogP contribution in [0.5, 0.6) is 0 Å². The van der Waals surface area contributed by atoms with Crippen molar-refractivity contribution < 1.29 is 19.1 Å². The van der Waals surface area contributed by atoms with Gasteiger partial charge in [0.25, 0.3) is 0 Å². The Morgan fingerprint density at radius 1 is 1.35 bits per heavy atom. The third-order valence-corrected chi connectivity index (χ3v) is 4.27. The van der Waals surface area contributed by atoms with E-state index < -0.39 is 17.8 Å². The molecule has 0 bridgehead atoms. The number of aliphatic carboxylic acids is 1. The van der Waals surface area contributed by atoms with Crippen molar-refractivity contribution in [3.8, 4) is 0 Å². The Kier molecular flexibility index (Phi) is 5.81. The summed E-state index contributed by atoms with van der Waals surface area (Å²) in [6.07, 6.45) is 0.631. The number of aryl methyl sites for hydroxylation is 1. The standard InChI is InChI=1S/C16H17FN2O3S/c1-2-15-18-12(9-23-15)7-14(20)19-13(8-16(21)22)10-3-5-11(17)6-4-10/h3-6,9,13H,2,7-8H2,1H3,(H,19,20)(H,21,22). The van der Waals surface area contributed by atoms with Gasteiger partial charge in [0.2, 0.25) is 5.91 Å². The lowest BCUT2D eigenvalue weighted by molar-refractivity contribution is -0.137. The predicted molar refractivity (Wildman–Crippen MR) is 84.7 cm³/mol. The van der Waals surface area contributed by atoms with E-state index in [1.807, 2.05) is 12.3 Å². The minimum Gasteiger partial charge on any atom is -0.481 e. The zero-order chi connectivity index (χ0) is 16.8. The Morgan fingerprint density at radius 2 is 2.04 bits per heavy atom. The van der Waals surface area contributed by atoms with Gasteiger partial charge in [0.15, 0.2) is 0 Å². The van der Waals surface area contributed by atoms with Crippen molar-refractivity contribution in [2.75, 3.05) is 0 Å². The maximum absolute atomic E-state index is 13.0. The van der Waals surface area contributed by atoms with Gasteiger partial charge in [-0.2, -0.15) is 0 Å². The molecule has 0 spiro atoms. The molecule has 1 atom stereocenters. The van der Waals surface area contributed by atoms with Gasteiger partial charge in [-0.25, -0.2) is 9.37 Å². The van der Waals surface area contributed by atoms with E-state index in [0.717, 1.165) is 11.4 Å². The second-order valence-electron chi connectivity index (χ2n) is 5.03. The number of amides is 1. The van der Waals surface area contributed by atoms with E-state index in [-0.39, 0.29) is 18.7 Å². The third kappa shape index (κ3) is 5.14. The van der Waals surface area contributed by atoms with Gasteiger partial charge >= 0.3 is 5.97 Å². The van der Waals surface area contributed by atoms with E-state index in [1.165, 1.54) is 35.6 Å². The van der Waals surface area contributed by atoms with Gasteiger partial charge in [-0.15, -0.1) is 11.3 Å². The SMILES string of the molecule is CCc1nc(CC(=O)NC(CC(=O)O)c2ccc(F)cc2)cs1. The molecule has 0 saturated carbocycles. The number of benzene rings is 1. The minimum atomic E-state index is -1.04. The highest BCUT2D eigenvalue weighted by molar-refractivity contribution is 7.09. The summed E-state index contributed by atoms with van der Waals surface area (Å²) in [5.74, 6) is -1.76. The predicted octanol–water partition coefficient (Wildman–Crippen LogP) is 2.72. The number of nitrogens with zero attached hydrogens (tertiary/aromatic N) is 1. The van der Waals surface area contributed by atoms with Crippen LogP contribution in [0.15, 0.2) is 29.6 Å². The molecule has 23 heavy (non-hydrogen) atoms. The number of thiazole rings is 1. The number of hydrogen-bond acceptors (Lipinski definition) is 4. The monoisotopic (exact) mass is 336 g/mol. The van der Waals surface area contributed by atoms with Crippen molar-refractivity contribution >= 4 is 23.2 Å². The molecule has 5 nitrogen and oxygen atoms in total. The van der Waals surface area contributed by atoms with Crippen LogP contribution in [0.4, 0.5) is 4.39 Å². The number of carbonyl (C=O) groups is 2. The Morgan fingerprint density at radius 3 is 2.61 bits per heavy atom. The lowest BCUT2D eigenvalue weighted by Gasteiger charge is -2.17. The molecule has 0 fully saturated rings. The molecule has 1 aromatic carbocycles. The van der Waals surface area contributed by atoms with Crippen LogP contribution in [-0.4, -0.2) is 22.0 Å². The molecule has 122 valence electrons. The van der Waals surface area contributed by atoms with E-state index in [0.29, 0.717) is 11.3 Å². The summed E-state index contributed by atoms with van der Waals surface area (Å²) in [7, 11) is 0. The van der Waals surface area contributed by atoms with E-state index >= 15 is 0 Å². The first-order valence-corrected chi connectivity index (χ1v) is 8.05. The Labute approximate surface area is 137 Å². The number of carboxylic acid groups (broad SMARTS) is 1. The number of aromatic nitrogens is 1. The molecule has 1 unspecified atom stereocenters. The molecule has 2 rings (SSSR count). The number of nitrogens with one attached hydrogen (secondary N) is 1. The molecule has 0 aliphatic carbocycles. The van der Waals surface area contributed by atoms with Crippen molar-refractivity contribution in [3.63, 3.8) is 0 Å². The summed E-state index contributed by atoms with van der Waals surface area (Å²) in [6, 6.07) is 4.72. The second-order valence-corrected chi connectivity index (χ2v) is 5.98. The van der Waals surface area contributed by atoms with Gasteiger partial charge < -0.3 is 10.4 Å². The topological polar surface area (TPSA) is 79.3 Å². The van der Waals surface area contributed by atoms with Crippen molar-refractivity contribution in [2.45, 2.75) is 32.2 Å². The van der Waals surface area contributed by atoms with E-state index in [1.54, 1.807) is 0 Å². The molecule has 0 saturated heterocycles. The average molecular weight is 336 g/mol. The smallest absolute Gasteiger partial charge is 0.305 e. The molecule has 0 aliphatic heterocycles. The quantitative estimate of drug-likeness (QED) is 0.815. The van der Waals surface area contributed by atoms with Gasteiger partial charge in [0.1, 0.15) is 5.82 Å². The molecule has 1 amide bonds. The largest absolute Gasteiger partial charge is 0.481 e. The maximum Gasteiger partial charge on any atom is 0.305 e. The molecule has 2 N–H and O–H groups in total. The highest BCUT2D eigenvalue weighted by atomic mass is 32.1. The molecular formula is C16H17FN2O3S. The number of hydrogen-bond donors (Lipinski definition) is 2. The van der Waals surface area contributed by atoms with E-state index in [9.17, 15) is 14.0 Å². The Hall–Kier alpha value is -2.28. The van der Waals surface area contributed by atoms with Gasteiger partial charge in [-0.1, -0.05) is 19.1 Å². The summed E-state index contributed by atoms with van der Waals surface area (Å²) in [5.41, 5.74) is 1.22. The fourth-order valence-corrected chi connectivity index (χ4v) is 2.87. The first-order chi connectivity index (χ1) is 11.0. The Balaban J connectivity index is 2.05. The zero-order valence-corrected chi connectivity index (χ0v) is 13.4. The molecule has 0 aliphatic rings. The summed E-state index contributed by atoms with van der Waals surface area (Å²) in [6.45, 7) is 1.99. The van der Waals surface area contributed by atoms with Crippen LogP contribution in [-0.2, 0) is 22.4 Å². The van der Waals surface area contributed by atoms with Crippen LogP contribution < -0.4 is 5.32 Å². The number of carbonyl (C=O) groups excluding carboxylic acids is 1. The molecule has 1 aromatic heterocycles. The minimum absolute atomic E-state index is 0.0911. The van der Waals surface area contributed by atoms with Crippen LogP contribution in [0, 0.1) is 5.82 Å². The summed E-state index contributed by atoms with van der Waals surface area (Å²) < 4.78 is 13.0. The molecule has 1 heterocycles. The molecule has 0 radical (unpaired) electrons. The van der Waals surface area contributed by atoms with Gasteiger partial charge in [-0.05, 0) is 24.1 Å². The van der Waals surface area contributed by atoms with Crippen molar-refractivity contribution in [1.29, 1.82) is 0 Å². The second kappa shape index (κ2) is 7.82.